The van der Waals surface area contributed by atoms with Gasteiger partial charge < -0.3 is 0 Å². The minimum absolute atomic E-state index is 0.757. The maximum atomic E-state index is 2.54. The van der Waals surface area contributed by atoms with Gasteiger partial charge in [0.05, 0.1) is 0 Å². The van der Waals surface area contributed by atoms with Gasteiger partial charge in [-0.25, -0.2) is 0 Å². The van der Waals surface area contributed by atoms with Crippen molar-refractivity contribution in [2.45, 2.75) is 59.8 Å². The van der Waals surface area contributed by atoms with Crippen LogP contribution in [-0.2, 0) is 0 Å². The quantitative estimate of drug-likeness (QED) is 0.604. The number of hydrogen-bond donors (Lipinski definition) is 0. The summed E-state index contributed by atoms with van der Waals surface area (Å²) >= 11 is 0. The highest BCUT2D eigenvalue weighted by Crippen LogP contribution is 2.72. The number of fused-ring (bicyclic) bond motifs is 1. The second-order valence-electron chi connectivity index (χ2n) is 6.13. The fourth-order valence-corrected chi connectivity index (χ4v) is 4.02. The van der Waals surface area contributed by atoms with Crippen molar-refractivity contribution in [2.75, 3.05) is 0 Å². The second-order valence-corrected chi connectivity index (χ2v) is 6.13. The molecule has 0 aromatic heterocycles. The first-order chi connectivity index (χ1) is 6.62. The lowest BCUT2D eigenvalue weighted by molar-refractivity contribution is 0.111. The molecule has 2 aliphatic carbocycles. The lowest BCUT2D eigenvalue weighted by atomic mass is 9.66. The Bertz CT molecular complexity index is 200. The monoisotopic (exact) mass is 194 g/mol. The molecular weight excluding hydrogens is 168 g/mol. The molecule has 14 heavy (non-hydrogen) atoms. The van der Waals surface area contributed by atoms with E-state index in [1.807, 2.05) is 0 Å². The molecule has 0 heteroatoms. The van der Waals surface area contributed by atoms with Crippen molar-refractivity contribution in [2.24, 2.45) is 29.1 Å². The van der Waals surface area contributed by atoms with Gasteiger partial charge >= 0.3 is 0 Å². The van der Waals surface area contributed by atoms with E-state index < -0.39 is 0 Å². The zero-order valence-electron chi connectivity index (χ0n) is 10.3. The van der Waals surface area contributed by atoms with Crippen LogP contribution < -0.4 is 0 Å². The van der Waals surface area contributed by atoms with Crippen molar-refractivity contribution in [1.29, 1.82) is 0 Å². The van der Waals surface area contributed by atoms with Crippen molar-refractivity contribution in [3.63, 3.8) is 0 Å². The van der Waals surface area contributed by atoms with Crippen LogP contribution in [0, 0.1) is 29.1 Å². The van der Waals surface area contributed by atoms with Gasteiger partial charge in [-0.05, 0) is 48.3 Å². The molecule has 0 spiro atoms. The predicted octanol–water partition coefficient (Wildman–Crippen LogP) is 4.49. The Labute approximate surface area is 89.5 Å². The summed E-state index contributed by atoms with van der Waals surface area (Å²) in [7, 11) is 0. The van der Waals surface area contributed by atoms with Crippen LogP contribution in [0.25, 0.3) is 0 Å². The van der Waals surface area contributed by atoms with Crippen molar-refractivity contribution in [1.82, 2.24) is 0 Å². The standard InChI is InChI=1S/C14H26/c1-5-11(6-2)7-8-14(4)9-12-10(3)13(12)14/h10-13H,5-9H2,1-4H3. The van der Waals surface area contributed by atoms with E-state index in [4.69, 9.17) is 0 Å². The van der Waals surface area contributed by atoms with E-state index in [1.54, 1.807) is 6.42 Å². The molecule has 0 aromatic carbocycles. The van der Waals surface area contributed by atoms with Gasteiger partial charge in [0.25, 0.3) is 0 Å². The molecule has 0 heterocycles. The smallest absolute Gasteiger partial charge is 0.0289 e. The maximum absolute atomic E-state index is 2.54. The Morgan fingerprint density at radius 3 is 2.29 bits per heavy atom. The first kappa shape index (κ1) is 10.5. The first-order valence-electron chi connectivity index (χ1n) is 6.62. The summed E-state index contributed by atoms with van der Waals surface area (Å²) < 4.78 is 0. The van der Waals surface area contributed by atoms with Crippen LogP contribution in [0.15, 0.2) is 0 Å². The van der Waals surface area contributed by atoms with Crippen LogP contribution in [0.1, 0.15) is 59.8 Å². The van der Waals surface area contributed by atoms with Gasteiger partial charge in [0.15, 0.2) is 0 Å². The Hall–Kier alpha value is 0. The molecule has 0 radical (unpaired) electrons. The largest absolute Gasteiger partial charge is 0.0651 e. The predicted molar refractivity (Wildman–Crippen MR) is 62.2 cm³/mol. The summed E-state index contributed by atoms with van der Waals surface area (Å²) in [5.41, 5.74) is 0.757. The number of rotatable bonds is 5. The van der Waals surface area contributed by atoms with E-state index >= 15 is 0 Å². The third-order valence-corrected chi connectivity index (χ3v) is 5.35. The highest BCUT2D eigenvalue weighted by atomic mass is 14.7. The minimum Gasteiger partial charge on any atom is -0.0651 e. The van der Waals surface area contributed by atoms with Crippen molar-refractivity contribution < 1.29 is 0 Å². The lowest BCUT2D eigenvalue weighted by Gasteiger charge is -2.39. The summed E-state index contributed by atoms with van der Waals surface area (Å²) in [5, 5.41) is 0. The molecule has 2 saturated carbocycles. The van der Waals surface area contributed by atoms with E-state index in [2.05, 4.69) is 27.7 Å². The van der Waals surface area contributed by atoms with Crippen molar-refractivity contribution >= 4 is 0 Å². The van der Waals surface area contributed by atoms with E-state index in [0.717, 1.165) is 29.1 Å². The topological polar surface area (TPSA) is 0 Å². The molecular formula is C14H26. The zero-order valence-corrected chi connectivity index (χ0v) is 10.3. The molecule has 2 aliphatic rings. The van der Waals surface area contributed by atoms with Crippen LogP contribution in [0.3, 0.4) is 0 Å². The Morgan fingerprint density at radius 1 is 1.29 bits per heavy atom. The normalized spacial score (nSPS) is 44.8. The van der Waals surface area contributed by atoms with E-state index in [-0.39, 0.29) is 0 Å². The Kier molecular flexibility index (Phi) is 2.66. The summed E-state index contributed by atoms with van der Waals surface area (Å²) in [6, 6.07) is 0. The van der Waals surface area contributed by atoms with Crippen LogP contribution in [0.2, 0.25) is 0 Å². The highest BCUT2D eigenvalue weighted by Gasteiger charge is 2.65. The zero-order chi connectivity index (χ0) is 10.3. The molecule has 0 amide bonds. The molecule has 2 rings (SSSR count). The summed E-state index contributed by atoms with van der Waals surface area (Å²) in [5.74, 6) is 4.33. The molecule has 82 valence electrons. The van der Waals surface area contributed by atoms with Crippen LogP contribution in [-0.4, -0.2) is 0 Å². The maximum Gasteiger partial charge on any atom is -0.0289 e. The highest BCUT2D eigenvalue weighted by molar-refractivity contribution is 5.14. The van der Waals surface area contributed by atoms with Gasteiger partial charge in [0.2, 0.25) is 0 Å². The molecule has 2 fully saturated rings. The summed E-state index contributed by atoms with van der Waals surface area (Å²) in [4.78, 5) is 0. The van der Waals surface area contributed by atoms with Gasteiger partial charge in [-0.1, -0.05) is 40.5 Å². The average molecular weight is 194 g/mol. The van der Waals surface area contributed by atoms with Gasteiger partial charge in [0, 0.05) is 0 Å². The third-order valence-electron chi connectivity index (χ3n) is 5.35. The number of hydrogen-bond acceptors (Lipinski definition) is 0. The fourth-order valence-electron chi connectivity index (χ4n) is 4.02. The summed E-state index contributed by atoms with van der Waals surface area (Å²) in [6.45, 7) is 9.69. The molecule has 0 saturated heterocycles. The Balaban J connectivity index is 1.76. The molecule has 0 bridgehead atoms. The van der Waals surface area contributed by atoms with Gasteiger partial charge in [-0.3, -0.25) is 0 Å². The fraction of sp³-hybridized carbons (Fsp3) is 1.00. The molecule has 0 aliphatic heterocycles. The molecule has 0 nitrogen and oxygen atoms in total. The third kappa shape index (κ3) is 1.51. The molecule has 4 unspecified atom stereocenters. The minimum atomic E-state index is 0.757. The average Bonchev–Trinajstić information content (AvgIpc) is 2.71. The van der Waals surface area contributed by atoms with Crippen LogP contribution in [0.5, 0.6) is 0 Å². The molecule has 0 N–H and O–H groups in total. The van der Waals surface area contributed by atoms with Crippen LogP contribution in [0.4, 0.5) is 0 Å². The van der Waals surface area contributed by atoms with E-state index in [0.29, 0.717) is 0 Å². The Morgan fingerprint density at radius 2 is 1.93 bits per heavy atom. The van der Waals surface area contributed by atoms with Crippen molar-refractivity contribution in [3.8, 4) is 0 Å². The lowest BCUT2D eigenvalue weighted by Crippen LogP contribution is -2.30. The van der Waals surface area contributed by atoms with Gasteiger partial charge in [-0.2, -0.15) is 0 Å². The van der Waals surface area contributed by atoms with Gasteiger partial charge in [0.1, 0.15) is 0 Å². The SMILES string of the molecule is CCC(CC)CCC1(C)CC2C(C)C21. The van der Waals surface area contributed by atoms with E-state index in [9.17, 15) is 0 Å². The van der Waals surface area contributed by atoms with E-state index in [1.165, 1.54) is 25.7 Å². The van der Waals surface area contributed by atoms with Crippen LogP contribution >= 0.6 is 0 Å². The first-order valence-corrected chi connectivity index (χ1v) is 6.62. The van der Waals surface area contributed by atoms with Crippen molar-refractivity contribution in [3.05, 3.63) is 0 Å². The molecule has 4 atom stereocenters. The molecule has 0 aromatic rings. The second kappa shape index (κ2) is 3.54. The summed E-state index contributed by atoms with van der Waals surface area (Å²) in [6.07, 6.45) is 7.30. The van der Waals surface area contributed by atoms with Gasteiger partial charge in [-0.15, -0.1) is 0 Å².